The lowest BCUT2D eigenvalue weighted by molar-refractivity contribution is 0.492. The van der Waals surface area contributed by atoms with E-state index >= 15 is 0 Å². The van der Waals surface area contributed by atoms with E-state index in [9.17, 15) is 8.42 Å². The molecule has 0 amide bonds. The molecule has 5 heteroatoms. The molecule has 0 unspecified atom stereocenters. The summed E-state index contributed by atoms with van der Waals surface area (Å²) in [6, 6.07) is 10.4. The Morgan fingerprint density at radius 3 is 2.16 bits per heavy atom. The van der Waals surface area contributed by atoms with Crippen molar-refractivity contribution in [3.8, 4) is 0 Å². The van der Waals surface area contributed by atoms with Crippen LogP contribution in [-0.4, -0.2) is 14.0 Å². The molecule has 3 N–H and O–H groups in total. The van der Waals surface area contributed by atoms with Gasteiger partial charge in [-0.05, 0) is 32.9 Å². The van der Waals surface area contributed by atoms with Crippen molar-refractivity contribution < 1.29 is 8.42 Å². The maximum absolute atomic E-state index is 12.4. The van der Waals surface area contributed by atoms with Gasteiger partial charge in [-0.2, -0.15) is 0 Å². The first-order valence-electron chi connectivity index (χ1n) is 6.02. The number of nitrogens with two attached hydrogens (primary N) is 1. The van der Waals surface area contributed by atoms with Gasteiger partial charge in [0.15, 0.2) is 0 Å². The Hall–Kier alpha value is -1.59. The van der Waals surface area contributed by atoms with E-state index in [1.807, 2.05) is 32.9 Å². The predicted molar refractivity (Wildman–Crippen MR) is 78.4 cm³/mol. The topological polar surface area (TPSA) is 72.2 Å². The average Bonchev–Trinajstić information content (AvgIpc) is 2.26. The van der Waals surface area contributed by atoms with Crippen LogP contribution in [-0.2, 0) is 10.0 Å². The van der Waals surface area contributed by atoms with Crippen molar-refractivity contribution in [1.82, 2.24) is 4.72 Å². The van der Waals surface area contributed by atoms with Gasteiger partial charge in [-0.3, -0.25) is 0 Å². The smallest absolute Gasteiger partial charge is 0.241 e. The van der Waals surface area contributed by atoms with Crippen LogP contribution in [0.15, 0.2) is 41.3 Å². The summed E-state index contributed by atoms with van der Waals surface area (Å²) in [4.78, 5) is 0.257. The number of hydrogen-bond donors (Lipinski definition) is 2. The van der Waals surface area contributed by atoms with E-state index in [4.69, 9.17) is 5.73 Å². The third-order valence-electron chi connectivity index (χ3n) is 2.65. The van der Waals surface area contributed by atoms with E-state index in [0.717, 1.165) is 5.39 Å². The minimum atomic E-state index is -3.57. The molecule has 0 fully saturated rings. The molecule has 0 aliphatic heterocycles. The Morgan fingerprint density at radius 1 is 1.00 bits per heavy atom. The Kier molecular flexibility index (Phi) is 3.28. The zero-order chi connectivity index (χ0) is 14.3. The Morgan fingerprint density at radius 2 is 1.58 bits per heavy atom. The number of benzene rings is 2. The van der Waals surface area contributed by atoms with Crippen LogP contribution in [0.1, 0.15) is 20.8 Å². The molecule has 0 spiro atoms. The molecule has 2 aromatic rings. The summed E-state index contributed by atoms with van der Waals surface area (Å²) in [5.41, 5.74) is 5.93. The van der Waals surface area contributed by atoms with Crippen molar-refractivity contribution in [3.63, 3.8) is 0 Å². The molecule has 0 saturated carbocycles. The molecule has 2 rings (SSSR count). The fraction of sp³-hybridized carbons (Fsp3) is 0.286. The van der Waals surface area contributed by atoms with Crippen molar-refractivity contribution in [1.29, 1.82) is 0 Å². The highest BCUT2D eigenvalue weighted by Gasteiger charge is 2.23. The highest BCUT2D eigenvalue weighted by atomic mass is 32.2. The Balaban J connectivity index is 2.67. The van der Waals surface area contributed by atoms with Crippen LogP contribution in [0.5, 0.6) is 0 Å². The zero-order valence-electron chi connectivity index (χ0n) is 11.3. The number of anilines is 1. The molecular weight excluding hydrogens is 260 g/mol. The highest BCUT2D eigenvalue weighted by molar-refractivity contribution is 7.89. The van der Waals surface area contributed by atoms with Gasteiger partial charge in [0.1, 0.15) is 0 Å². The molecule has 19 heavy (non-hydrogen) atoms. The number of rotatable bonds is 2. The van der Waals surface area contributed by atoms with E-state index in [-0.39, 0.29) is 4.90 Å². The molecule has 0 aliphatic carbocycles. The number of nitrogen functional groups attached to an aromatic ring is 1. The average molecular weight is 278 g/mol. The minimum absolute atomic E-state index is 0.257. The number of fused-ring (bicyclic) bond motifs is 1. The maximum Gasteiger partial charge on any atom is 0.241 e. The third-order valence-corrected chi connectivity index (χ3v) is 4.46. The summed E-state index contributed by atoms with van der Waals surface area (Å²) in [6.07, 6.45) is 0. The minimum Gasteiger partial charge on any atom is -0.398 e. The maximum atomic E-state index is 12.4. The van der Waals surface area contributed by atoms with Gasteiger partial charge < -0.3 is 5.73 Å². The van der Waals surface area contributed by atoms with Gasteiger partial charge in [-0.25, -0.2) is 13.1 Å². The fourth-order valence-electron chi connectivity index (χ4n) is 1.99. The lowest BCUT2D eigenvalue weighted by atomic mass is 10.1. The first kappa shape index (κ1) is 13.8. The van der Waals surface area contributed by atoms with E-state index < -0.39 is 15.6 Å². The molecular formula is C14H18N2O2S. The zero-order valence-corrected chi connectivity index (χ0v) is 12.1. The standard InChI is InChI=1S/C14H18N2O2S/c1-14(2,3)16-19(17,18)13-9-8-12(15)10-6-4-5-7-11(10)13/h4-9,16H,15H2,1-3H3. The number of sulfonamides is 1. The van der Waals surface area contributed by atoms with E-state index in [0.29, 0.717) is 11.1 Å². The Bertz CT molecular complexity index is 716. The molecule has 0 aliphatic rings. The van der Waals surface area contributed by atoms with Gasteiger partial charge in [0.2, 0.25) is 10.0 Å². The van der Waals surface area contributed by atoms with E-state index in [1.54, 1.807) is 24.3 Å². The largest absolute Gasteiger partial charge is 0.398 e. The number of hydrogen-bond acceptors (Lipinski definition) is 3. The van der Waals surface area contributed by atoms with Crippen molar-refractivity contribution >= 4 is 26.5 Å². The Labute approximate surface area is 113 Å². The van der Waals surface area contributed by atoms with Gasteiger partial charge in [0.25, 0.3) is 0 Å². The quantitative estimate of drug-likeness (QED) is 0.829. The lowest BCUT2D eigenvalue weighted by Crippen LogP contribution is -2.40. The van der Waals surface area contributed by atoms with Gasteiger partial charge in [0, 0.05) is 22.0 Å². The van der Waals surface area contributed by atoms with E-state index in [2.05, 4.69) is 4.72 Å². The molecule has 0 saturated heterocycles. The summed E-state index contributed by atoms with van der Waals surface area (Å²) in [5.74, 6) is 0. The first-order valence-corrected chi connectivity index (χ1v) is 7.50. The summed E-state index contributed by atoms with van der Waals surface area (Å²) in [5, 5.41) is 1.39. The normalized spacial score (nSPS) is 12.8. The number of nitrogens with one attached hydrogen (secondary N) is 1. The molecule has 4 nitrogen and oxygen atoms in total. The summed E-state index contributed by atoms with van der Waals surface area (Å²) < 4.78 is 27.5. The summed E-state index contributed by atoms with van der Waals surface area (Å²) in [6.45, 7) is 5.43. The van der Waals surface area contributed by atoms with Crippen LogP contribution in [0.4, 0.5) is 5.69 Å². The molecule has 102 valence electrons. The van der Waals surface area contributed by atoms with Crippen molar-refractivity contribution in [2.45, 2.75) is 31.2 Å². The molecule has 0 aromatic heterocycles. The van der Waals surface area contributed by atoms with Gasteiger partial charge >= 0.3 is 0 Å². The van der Waals surface area contributed by atoms with Gasteiger partial charge in [-0.15, -0.1) is 0 Å². The molecule has 0 radical (unpaired) electrons. The van der Waals surface area contributed by atoms with E-state index in [1.165, 1.54) is 0 Å². The molecule has 0 bridgehead atoms. The van der Waals surface area contributed by atoms with Crippen LogP contribution in [0, 0.1) is 0 Å². The second-order valence-corrected chi connectivity index (χ2v) is 7.20. The lowest BCUT2D eigenvalue weighted by Gasteiger charge is -2.21. The predicted octanol–water partition coefficient (Wildman–Crippen LogP) is 2.50. The monoisotopic (exact) mass is 278 g/mol. The van der Waals surface area contributed by atoms with Crippen LogP contribution < -0.4 is 10.5 Å². The highest BCUT2D eigenvalue weighted by Crippen LogP contribution is 2.28. The van der Waals surface area contributed by atoms with Crippen molar-refractivity contribution in [2.75, 3.05) is 5.73 Å². The van der Waals surface area contributed by atoms with Crippen molar-refractivity contribution in [3.05, 3.63) is 36.4 Å². The first-order chi connectivity index (χ1) is 8.71. The van der Waals surface area contributed by atoms with Crippen LogP contribution >= 0.6 is 0 Å². The van der Waals surface area contributed by atoms with Crippen LogP contribution in [0.3, 0.4) is 0 Å². The molecule has 0 heterocycles. The summed E-state index contributed by atoms with van der Waals surface area (Å²) >= 11 is 0. The van der Waals surface area contributed by atoms with Crippen LogP contribution in [0.2, 0.25) is 0 Å². The second-order valence-electron chi connectivity index (χ2n) is 5.55. The SMILES string of the molecule is CC(C)(C)NS(=O)(=O)c1ccc(N)c2ccccc12. The second kappa shape index (κ2) is 4.51. The van der Waals surface area contributed by atoms with Gasteiger partial charge in [-0.1, -0.05) is 24.3 Å². The molecule has 2 aromatic carbocycles. The summed E-state index contributed by atoms with van der Waals surface area (Å²) in [7, 11) is -3.57. The van der Waals surface area contributed by atoms with Crippen molar-refractivity contribution in [2.24, 2.45) is 0 Å². The third kappa shape index (κ3) is 2.88. The fourth-order valence-corrected chi connectivity index (χ4v) is 3.62. The molecule has 0 atom stereocenters. The van der Waals surface area contributed by atoms with Gasteiger partial charge in [0.05, 0.1) is 4.90 Å². The van der Waals surface area contributed by atoms with Crippen LogP contribution in [0.25, 0.3) is 10.8 Å².